The van der Waals surface area contributed by atoms with E-state index in [1.165, 1.54) is 16.7 Å². The number of hydrogen-bond acceptors (Lipinski definition) is 4. The van der Waals surface area contributed by atoms with Gasteiger partial charge in [-0.05, 0) is 122 Å². The first-order chi connectivity index (χ1) is 20.0. The third-order valence-corrected chi connectivity index (χ3v) is 8.69. The standard InChI is InChI=1S/C34H38N4O4.As/c1-7-21-17(3)25-13-26-19(5)23(9-11-33(39)40)31(37-26)16-32-24(10-12-34(41)42)20(6)28(38-32)15-30-22(8-2)18(4)27(36-30)14-29(21)35-25;/h13-16,35-36H,7-12H2,1-6H3,(H,39,40)(H,41,42);. The summed E-state index contributed by atoms with van der Waals surface area (Å²) >= 11 is 0. The van der Waals surface area contributed by atoms with Gasteiger partial charge in [-0.15, -0.1) is 0 Å². The summed E-state index contributed by atoms with van der Waals surface area (Å²) in [6.45, 7) is 12.5. The van der Waals surface area contributed by atoms with Crippen molar-refractivity contribution in [3.8, 4) is 0 Å². The second kappa shape index (κ2) is 12.8. The number of H-pyrrole nitrogens is 2. The molecule has 0 atom stereocenters. The molecule has 0 spiro atoms. The SMILES string of the molecule is CCc1c(C)c2cc3[nH]c(cc4nc(cc5nc(cc1[nH]2)C(C)=C5CCC(=O)O)C(CCC(=O)O)=C4C)c(C)c3CC.[As]. The molecule has 8 nitrogen and oxygen atoms in total. The maximum absolute atomic E-state index is 11.5. The number of aliphatic carboxylic acids is 2. The number of carbonyl (C=O) groups is 2. The predicted octanol–water partition coefficient (Wildman–Crippen LogP) is 7.27. The van der Waals surface area contributed by atoms with E-state index >= 15 is 0 Å². The Hall–Kier alpha value is -3.90. The number of aryl methyl sites for hydroxylation is 4. The van der Waals surface area contributed by atoms with E-state index in [1.807, 2.05) is 26.0 Å². The molecule has 8 bridgehead atoms. The first kappa shape index (κ1) is 32.0. The van der Waals surface area contributed by atoms with E-state index in [1.54, 1.807) is 0 Å². The Bertz CT molecular complexity index is 1860. The second-order valence-corrected chi connectivity index (χ2v) is 11.2. The summed E-state index contributed by atoms with van der Waals surface area (Å²) in [6, 6.07) is 8.19. The second-order valence-electron chi connectivity index (χ2n) is 11.2. The van der Waals surface area contributed by atoms with Gasteiger partial charge in [0, 0.05) is 52.9 Å². The molecule has 0 fully saturated rings. The van der Waals surface area contributed by atoms with E-state index in [4.69, 9.17) is 9.97 Å². The van der Waals surface area contributed by atoms with Crippen LogP contribution in [0, 0.1) is 13.8 Å². The van der Waals surface area contributed by atoms with Crippen molar-refractivity contribution in [1.29, 1.82) is 0 Å². The van der Waals surface area contributed by atoms with Crippen LogP contribution in [0.25, 0.3) is 44.4 Å². The first-order valence-electron chi connectivity index (χ1n) is 14.6. The van der Waals surface area contributed by atoms with Gasteiger partial charge < -0.3 is 20.2 Å². The minimum Gasteiger partial charge on any atom is -0.481 e. The van der Waals surface area contributed by atoms with Crippen LogP contribution in [-0.2, 0) is 22.4 Å². The summed E-state index contributed by atoms with van der Waals surface area (Å²) in [6.07, 6.45) is 2.37. The van der Waals surface area contributed by atoms with Crippen molar-refractivity contribution in [1.82, 2.24) is 19.9 Å². The number of rotatable bonds is 8. The van der Waals surface area contributed by atoms with Crippen molar-refractivity contribution in [2.45, 2.75) is 80.1 Å². The van der Waals surface area contributed by atoms with Gasteiger partial charge in [-0.1, -0.05) is 13.8 Å². The molecule has 0 saturated heterocycles. The molecule has 3 aromatic rings. The number of nitrogens with zero attached hydrogens (tertiary/aromatic N) is 2. The summed E-state index contributed by atoms with van der Waals surface area (Å²) in [5.74, 6) is -1.74. The van der Waals surface area contributed by atoms with Gasteiger partial charge in [-0.25, -0.2) is 9.97 Å². The zero-order chi connectivity index (χ0) is 30.3. The van der Waals surface area contributed by atoms with Crippen LogP contribution < -0.4 is 0 Å². The van der Waals surface area contributed by atoms with Crippen LogP contribution >= 0.6 is 0 Å². The van der Waals surface area contributed by atoms with E-state index in [-0.39, 0.29) is 30.8 Å². The van der Waals surface area contributed by atoms with Gasteiger partial charge in [0.15, 0.2) is 0 Å². The molecule has 223 valence electrons. The molecule has 9 heteroatoms. The van der Waals surface area contributed by atoms with Crippen LogP contribution in [0.15, 0.2) is 24.3 Å². The van der Waals surface area contributed by atoms with E-state index in [0.717, 1.165) is 74.2 Å². The fourth-order valence-corrected chi connectivity index (χ4v) is 6.22. The number of carboxylic acids is 2. The average molecular weight is 642 g/mol. The van der Waals surface area contributed by atoms with Gasteiger partial charge in [-0.2, -0.15) is 0 Å². The quantitative estimate of drug-likeness (QED) is 0.191. The van der Waals surface area contributed by atoms with Crippen molar-refractivity contribution < 1.29 is 19.8 Å². The summed E-state index contributed by atoms with van der Waals surface area (Å²) in [4.78, 5) is 40.3. The molecule has 3 aromatic heterocycles. The maximum atomic E-state index is 11.5. The zero-order valence-electron chi connectivity index (χ0n) is 25.6. The summed E-state index contributed by atoms with van der Waals surface area (Å²) in [5, 5.41) is 18.9. The number of allylic oxidation sites excluding steroid dienone is 4. The van der Waals surface area contributed by atoms with Gasteiger partial charge in [-0.3, -0.25) is 9.59 Å². The summed E-state index contributed by atoms with van der Waals surface area (Å²) < 4.78 is 0. The molecule has 0 amide bonds. The number of fused-ring (bicyclic) bond motifs is 8. The molecule has 2 aliphatic rings. The zero-order valence-corrected chi connectivity index (χ0v) is 27.5. The van der Waals surface area contributed by atoms with Crippen molar-refractivity contribution >= 4 is 74.3 Å². The Balaban J connectivity index is 0.00000423. The largest absolute Gasteiger partial charge is 0.481 e. The first-order valence-corrected chi connectivity index (χ1v) is 14.6. The molecule has 4 N–H and O–H groups in total. The van der Waals surface area contributed by atoms with E-state index in [2.05, 4.69) is 49.8 Å². The fourth-order valence-electron chi connectivity index (χ4n) is 6.22. The van der Waals surface area contributed by atoms with Gasteiger partial charge >= 0.3 is 11.9 Å². The number of nitrogens with one attached hydrogen (secondary N) is 2. The molecule has 0 unspecified atom stereocenters. The Morgan fingerprint density at radius 3 is 1.44 bits per heavy atom. The van der Waals surface area contributed by atoms with Crippen LogP contribution in [0.4, 0.5) is 0 Å². The molecule has 0 aliphatic carbocycles. The third kappa shape index (κ3) is 6.12. The molecule has 0 saturated carbocycles. The minimum atomic E-state index is -0.869. The molecule has 3 radical (unpaired) electrons. The van der Waals surface area contributed by atoms with E-state index < -0.39 is 11.9 Å². The molecule has 0 aromatic carbocycles. The van der Waals surface area contributed by atoms with Crippen LogP contribution in [0.3, 0.4) is 0 Å². The van der Waals surface area contributed by atoms with Gasteiger partial charge in [0.25, 0.3) is 0 Å². The maximum Gasteiger partial charge on any atom is 0.303 e. The van der Waals surface area contributed by atoms with Gasteiger partial charge in [0.2, 0.25) is 0 Å². The van der Waals surface area contributed by atoms with Crippen LogP contribution in [0.1, 0.15) is 98.4 Å². The van der Waals surface area contributed by atoms with Gasteiger partial charge in [0.05, 0.1) is 22.8 Å². The van der Waals surface area contributed by atoms with E-state index in [9.17, 15) is 19.8 Å². The Labute approximate surface area is 262 Å². The number of aromatic nitrogens is 4. The van der Waals surface area contributed by atoms with Crippen molar-refractivity contribution in [3.05, 3.63) is 69.3 Å². The molecule has 5 heterocycles. The van der Waals surface area contributed by atoms with Crippen LogP contribution in [0.5, 0.6) is 0 Å². The Morgan fingerprint density at radius 1 is 0.628 bits per heavy atom. The molecule has 2 aliphatic heterocycles. The summed E-state index contributed by atoms with van der Waals surface area (Å²) in [5.41, 5.74) is 15.4. The van der Waals surface area contributed by atoms with Crippen LogP contribution in [-0.4, -0.2) is 60.0 Å². The predicted molar refractivity (Wildman–Crippen MR) is 174 cm³/mol. The van der Waals surface area contributed by atoms with Crippen molar-refractivity contribution in [2.24, 2.45) is 0 Å². The Morgan fingerprint density at radius 2 is 1.02 bits per heavy atom. The molecular weight excluding hydrogens is 603 g/mol. The minimum absolute atomic E-state index is 0. The molecular formula is C34H38AsN4O4. The molecule has 5 rings (SSSR count). The normalized spacial score (nSPS) is 13.0. The fraction of sp³-hybridized carbons (Fsp3) is 0.353. The smallest absolute Gasteiger partial charge is 0.303 e. The van der Waals surface area contributed by atoms with E-state index in [0.29, 0.717) is 24.2 Å². The number of hydrogen-bond donors (Lipinski definition) is 4. The van der Waals surface area contributed by atoms with Crippen molar-refractivity contribution in [3.63, 3.8) is 0 Å². The monoisotopic (exact) mass is 641 g/mol. The van der Waals surface area contributed by atoms with Gasteiger partial charge in [0.1, 0.15) is 0 Å². The number of aromatic amines is 2. The topological polar surface area (TPSA) is 132 Å². The molecule has 43 heavy (non-hydrogen) atoms. The van der Waals surface area contributed by atoms with Crippen LogP contribution in [0.2, 0.25) is 0 Å². The van der Waals surface area contributed by atoms with Crippen molar-refractivity contribution in [2.75, 3.05) is 0 Å². The average Bonchev–Trinajstić information content (AvgIpc) is 3.59. The Kier molecular flexibility index (Phi) is 9.50. The number of carboxylic acid groups (broad SMARTS) is 2. The third-order valence-electron chi connectivity index (χ3n) is 8.69. The summed E-state index contributed by atoms with van der Waals surface area (Å²) in [7, 11) is 0.